The van der Waals surface area contributed by atoms with Crippen LogP contribution in [-0.4, -0.2) is 49.5 Å². The summed E-state index contributed by atoms with van der Waals surface area (Å²) in [6, 6.07) is 15.8. The molecule has 29 heavy (non-hydrogen) atoms. The Morgan fingerprint density at radius 1 is 1.07 bits per heavy atom. The third-order valence-corrected chi connectivity index (χ3v) is 5.50. The van der Waals surface area contributed by atoms with Crippen LogP contribution in [0, 0.1) is 0 Å². The minimum atomic E-state index is -0.0000554. The highest BCUT2D eigenvalue weighted by atomic mass is 35.5. The summed E-state index contributed by atoms with van der Waals surface area (Å²) < 4.78 is 0. The Labute approximate surface area is 180 Å². The molecule has 0 unspecified atom stereocenters. The van der Waals surface area contributed by atoms with Crippen LogP contribution < -0.4 is 10.6 Å². The van der Waals surface area contributed by atoms with Crippen molar-refractivity contribution in [3.05, 3.63) is 64.5 Å². The van der Waals surface area contributed by atoms with Gasteiger partial charge in [0.15, 0.2) is 0 Å². The molecule has 2 N–H and O–H groups in total. The maximum atomic E-state index is 11.9. The average Bonchev–Trinajstić information content (AvgIpc) is 3.21. The second-order valence-corrected chi connectivity index (χ2v) is 8.29. The maximum Gasteiger partial charge on any atom is 0.234 e. The van der Waals surface area contributed by atoms with Crippen LogP contribution in [0.15, 0.2) is 53.9 Å². The topological polar surface area (TPSA) is 57.3 Å². The van der Waals surface area contributed by atoms with E-state index in [0.717, 1.165) is 45.5 Å². The number of amides is 1. The molecule has 0 bridgehead atoms. The Morgan fingerprint density at radius 3 is 2.45 bits per heavy atom. The van der Waals surface area contributed by atoms with E-state index >= 15 is 0 Å². The van der Waals surface area contributed by atoms with Gasteiger partial charge in [0.25, 0.3) is 0 Å². The van der Waals surface area contributed by atoms with E-state index in [0.29, 0.717) is 13.1 Å². The van der Waals surface area contributed by atoms with E-state index in [1.165, 1.54) is 0 Å². The van der Waals surface area contributed by atoms with Crippen molar-refractivity contribution in [3.63, 3.8) is 0 Å². The van der Waals surface area contributed by atoms with Gasteiger partial charge in [-0.3, -0.25) is 4.79 Å². The van der Waals surface area contributed by atoms with Crippen LogP contribution in [0.3, 0.4) is 0 Å². The maximum absolute atomic E-state index is 11.9. The van der Waals surface area contributed by atoms with Crippen molar-refractivity contribution < 1.29 is 4.79 Å². The van der Waals surface area contributed by atoms with Crippen molar-refractivity contribution in [3.8, 4) is 21.8 Å². The van der Waals surface area contributed by atoms with Gasteiger partial charge >= 0.3 is 0 Å². The molecule has 0 radical (unpaired) electrons. The number of nitrogens with zero attached hydrogens (tertiary/aromatic N) is 2. The molecule has 0 aliphatic rings. The van der Waals surface area contributed by atoms with Gasteiger partial charge < -0.3 is 15.5 Å². The number of aromatic nitrogens is 1. The summed E-state index contributed by atoms with van der Waals surface area (Å²) >= 11 is 7.57. The van der Waals surface area contributed by atoms with Crippen molar-refractivity contribution in [2.45, 2.75) is 6.54 Å². The van der Waals surface area contributed by atoms with Crippen molar-refractivity contribution in [2.75, 3.05) is 33.7 Å². The van der Waals surface area contributed by atoms with Gasteiger partial charge in [-0.25, -0.2) is 4.98 Å². The van der Waals surface area contributed by atoms with E-state index in [1.807, 2.05) is 62.6 Å². The van der Waals surface area contributed by atoms with Gasteiger partial charge in [-0.05, 0) is 31.8 Å². The first-order chi connectivity index (χ1) is 14.0. The van der Waals surface area contributed by atoms with E-state index in [1.54, 1.807) is 11.3 Å². The Kier molecular flexibility index (Phi) is 7.77. The number of rotatable bonds is 9. The lowest BCUT2D eigenvalue weighted by Gasteiger charge is -2.10. The molecule has 1 aromatic heterocycles. The minimum Gasteiger partial charge on any atom is -0.351 e. The molecule has 2 aromatic carbocycles. The normalized spacial score (nSPS) is 11.0. The average molecular weight is 429 g/mol. The molecule has 0 fully saturated rings. The number of likely N-dealkylation sites (N-methyl/N-ethyl adjacent to an activating group) is 1. The number of hydrogen-bond donors (Lipinski definition) is 2. The molecule has 3 rings (SSSR count). The van der Waals surface area contributed by atoms with E-state index in [2.05, 4.69) is 20.9 Å². The summed E-state index contributed by atoms with van der Waals surface area (Å²) in [5.41, 5.74) is 4.12. The van der Waals surface area contributed by atoms with Crippen molar-refractivity contribution >= 4 is 28.8 Å². The molecule has 0 aliphatic carbocycles. The Balaban J connectivity index is 1.51. The molecule has 5 nitrogen and oxygen atoms in total. The molecular formula is C22H25ClN4OS. The van der Waals surface area contributed by atoms with Gasteiger partial charge in [0, 0.05) is 41.2 Å². The quantitative estimate of drug-likeness (QED) is 0.507. The first-order valence-electron chi connectivity index (χ1n) is 9.44. The van der Waals surface area contributed by atoms with E-state index < -0.39 is 0 Å². The zero-order chi connectivity index (χ0) is 20.6. The number of halogens is 1. The minimum absolute atomic E-state index is 0.0000554. The van der Waals surface area contributed by atoms with Crippen LogP contribution in [0.5, 0.6) is 0 Å². The molecule has 1 amide bonds. The number of carbonyl (C=O) groups is 1. The Hall–Kier alpha value is -2.25. The zero-order valence-corrected chi connectivity index (χ0v) is 18.2. The highest BCUT2D eigenvalue weighted by molar-refractivity contribution is 7.13. The molecule has 1 heterocycles. The standard InChI is InChI=1S/C22H25ClN4OS/c1-27(2)12-11-24-14-21(28)25-13-16-3-5-17(6-4-16)20-15-29-22(26-20)18-7-9-19(23)10-8-18/h3-10,15,24H,11-14H2,1-2H3,(H,25,28). The lowest BCUT2D eigenvalue weighted by molar-refractivity contribution is -0.120. The molecule has 0 aliphatic heterocycles. The smallest absolute Gasteiger partial charge is 0.234 e. The van der Waals surface area contributed by atoms with Crippen molar-refractivity contribution in [1.29, 1.82) is 0 Å². The van der Waals surface area contributed by atoms with Gasteiger partial charge in [0.2, 0.25) is 5.91 Å². The van der Waals surface area contributed by atoms with Crippen LogP contribution >= 0.6 is 22.9 Å². The number of nitrogens with one attached hydrogen (secondary N) is 2. The number of thiazole rings is 1. The molecule has 0 saturated heterocycles. The van der Waals surface area contributed by atoms with Crippen LogP contribution in [0.4, 0.5) is 0 Å². The monoisotopic (exact) mass is 428 g/mol. The third-order valence-electron chi connectivity index (χ3n) is 4.36. The largest absolute Gasteiger partial charge is 0.351 e. The number of carbonyl (C=O) groups excluding carboxylic acids is 1. The highest BCUT2D eigenvalue weighted by Crippen LogP contribution is 2.29. The molecule has 3 aromatic rings. The van der Waals surface area contributed by atoms with Crippen LogP contribution in [0.2, 0.25) is 5.02 Å². The number of benzene rings is 2. The summed E-state index contributed by atoms with van der Waals surface area (Å²) in [6.07, 6.45) is 0. The fourth-order valence-corrected chi connectivity index (χ4v) is 3.65. The van der Waals surface area contributed by atoms with E-state index in [4.69, 9.17) is 16.6 Å². The summed E-state index contributed by atoms with van der Waals surface area (Å²) in [5, 5.41) is 9.81. The van der Waals surface area contributed by atoms with Gasteiger partial charge in [-0.2, -0.15) is 0 Å². The van der Waals surface area contributed by atoms with Crippen molar-refractivity contribution in [1.82, 2.24) is 20.5 Å². The fraction of sp³-hybridized carbons (Fsp3) is 0.273. The molecule has 0 saturated carbocycles. The molecule has 152 valence electrons. The summed E-state index contributed by atoms with van der Waals surface area (Å²) in [5.74, 6) is -0.0000554. The summed E-state index contributed by atoms with van der Waals surface area (Å²) in [6.45, 7) is 2.55. The SMILES string of the molecule is CN(C)CCNCC(=O)NCc1ccc(-c2csc(-c3ccc(Cl)cc3)n2)cc1. The van der Waals surface area contributed by atoms with Crippen molar-refractivity contribution in [2.24, 2.45) is 0 Å². The van der Waals surface area contributed by atoms with E-state index in [-0.39, 0.29) is 5.91 Å². The van der Waals surface area contributed by atoms with Crippen LogP contribution in [0.25, 0.3) is 21.8 Å². The summed E-state index contributed by atoms with van der Waals surface area (Å²) in [7, 11) is 4.02. The highest BCUT2D eigenvalue weighted by Gasteiger charge is 2.07. The zero-order valence-electron chi connectivity index (χ0n) is 16.6. The lowest BCUT2D eigenvalue weighted by atomic mass is 10.1. The molecular weight excluding hydrogens is 404 g/mol. The Bertz CT molecular complexity index is 923. The lowest BCUT2D eigenvalue weighted by Crippen LogP contribution is -2.36. The fourth-order valence-electron chi connectivity index (χ4n) is 2.69. The van der Waals surface area contributed by atoms with Crippen LogP contribution in [0.1, 0.15) is 5.56 Å². The van der Waals surface area contributed by atoms with Gasteiger partial charge in [0.05, 0.1) is 12.2 Å². The summed E-state index contributed by atoms with van der Waals surface area (Å²) in [4.78, 5) is 18.7. The van der Waals surface area contributed by atoms with Gasteiger partial charge in [-0.15, -0.1) is 11.3 Å². The first kappa shape index (κ1) is 21.5. The number of hydrogen-bond acceptors (Lipinski definition) is 5. The van der Waals surface area contributed by atoms with Gasteiger partial charge in [0.1, 0.15) is 5.01 Å². The second kappa shape index (κ2) is 10.5. The Morgan fingerprint density at radius 2 is 1.76 bits per heavy atom. The molecule has 0 spiro atoms. The van der Waals surface area contributed by atoms with Crippen LogP contribution in [-0.2, 0) is 11.3 Å². The predicted molar refractivity (Wildman–Crippen MR) is 121 cm³/mol. The second-order valence-electron chi connectivity index (χ2n) is 7.00. The van der Waals surface area contributed by atoms with E-state index in [9.17, 15) is 4.79 Å². The molecule has 7 heteroatoms. The predicted octanol–water partition coefficient (Wildman–Crippen LogP) is 3.90. The first-order valence-corrected chi connectivity index (χ1v) is 10.7. The third kappa shape index (κ3) is 6.65. The molecule has 0 atom stereocenters. The van der Waals surface area contributed by atoms with Gasteiger partial charge in [-0.1, -0.05) is 48.0 Å².